The minimum atomic E-state index is -0.173. The first kappa shape index (κ1) is 16.0. The predicted molar refractivity (Wildman–Crippen MR) is 77.9 cm³/mol. The second-order valence-electron chi connectivity index (χ2n) is 4.46. The van der Waals surface area contributed by atoms with Gasteiger partial charge in [0.25, 0.3) is 5.91 Å². The fraction of sp³-hybridized carbons (Fsp3) is 0.467. The Hall–Kier alpha value is -2.04. The zero-order chi connectivity index (χ0) is 15.1. The van der Waals surface area contributed by atoms with Crippen molar-refractivity contribution >= 4 is 11.8 Å². The highest BCUT2D eigenvalue weighted by atomic mass is 16.5. The van der Waals surface area contributed by atoms with Crippen molar-refractivity contribution in [3.8, 4) is 5.75 Å². The first-order valence-electron chi connectivity index (χ1n) is 6.70. The third-order valence-corrected chi connectivity index (χ3v) is 3.17. The topological polar surface area (TPSA) is 49.9 Å². The summed E-state index contributed by atoms with van der Waals surface area (Å²) < 4.78 is 5.05. The van der Waals surface area contributed by atoms with Crippen molar-refractivity contribution in [3.63, 3.8) is 0 Å². The normalized spacial score (nSPS) is 10.0. The first-order chi connectivity index (χ1) is 9.53. The summed E-state index contributed by atoms with van der Waals surface area (Å²) in [7, 11) is 3.21. The van der Waals surface area contributed by atoms with Crippen molar-refractivity contribution in [2.24, 2.45) is 0 Å². The summed E-state index contributed by atoms with van der Waals surface area (Å²) in [6.07, 6.45) is 0. The summed E-state index contributed by atoms with van der Waals surface area (Å²) in [5.41, 5.74) is 0.542. The van der Waals surface area contributed by atoms with Gasteiger partial charge in [0.15, 0.2) is 0 Å². The lowest BCUT2D eigenvalue weighted by atomic mass is 10.2. The van der Waals surface area contributed by atoms with Gasteiger partial charge in [-0.2, -0.15) is 0 Å². The molecule has 1 rings (SSSR count). The largest absolute Gasteiger partial charge is 0.497 e. The van der Waals surface area contributed by atoms with Gasteiger partial charge in [-0.1, -0.05) is 0 Å². The molecule has 0 spiro atoms. The molecule has 0 saturated carbocycles. The monoisotopic (exact) mass is 278 g/mol. The van der Waals surface area contributed by atoms with Gasteiger partial charge < -0.3 is 14.5 Å². The van der Waals surface area contributed by atoms with Crippen LogP contribution in [0.5, 0.6) is 5.75 Å². The van der Waals surface area contributed by atoms with E-state index in [1.807, 2.05) is 13.8 Å². The average molecular weight is 278 g/mol. The number of hydrogen-bond donors (Lipinski definition) is 0. The summed E-state index contributed by atoms with van der Waals surface area (Å²) in [5, 5.41) is 0. The van der Waals surface area contributed by atoms with E-state index in [4.69, 9.17) is 4.74 Å². The maximum absolute atomic E-state index is 12.2. The summed E-state index contributed by atoms with van der Waals surface area (Å²) in [5.74, 6) is 0.482. The highest BCUT2D eigenvalue weighted by Gasteiger charge is 2.17. The number of hydrogen-bond acceptors (Lipinski definition) is 3. The number of amides is 2. The SMILES string of the molecule is CCN(CC)C(=O)CN(C)C(=O)c1ccc(OC)cc1. The van der Waals surface area contributed by atoms with Crippen molar-refractivity contribution in [2.75, 3.05) is 33.8 Å². The van der Waals surface area contributed by atoms with E-state index in [2.05, 4.69) is 0 Å². The Morgan fingerprint density at radius 1 is 1.10 bits per heavy atom. The zero-order valence-electron chi connectivity index (χ0n) is 12.5. The first-order valence-corrected chi connectivity index (χ1v) is 6.70. The van der Waals surface area contributed by atoms with Crippen LogP contribution >= 0.6 is 0 Å². The summed E-state index contributed by atoms with van der Waals surface area (Å²) >= 11 is 0. The van der Waals surface area contributed by atoms with E-state index in [9.17, 15) is 9.59 Å². The number of ether oxygens (including phenoxy) is 1. The molecule has 0 saturated heterocycles. The second-order valence-corrected chi connectivity index (χ2v) is 4.46. The van der Waals surface area contributed by atoms with Crippen molar-refractivity contribution in [2.45, 2.75) is 13.8 Å². The van der Waals surface area contributed by atoms with Crippen molar-refractivity contribution in [1.29, 1.82) is 0 Å². The van der Waals surface area contributed by atoms with Gasteiger partial charge >= 0.3 is 0 Å². The highest BCUT2D eigenvalue weighted by Crippen LogP contribution is 2.12. The molecule has 0 unspecified atom stereocenters. The molecule has 0 aliphatic carbocycles. The summed E-state index contributed by atoms with van der Waals surface area (Å²) in [4.78, 5) is 27.3. The van der Waals surface area contributed by atoms with Gasteiger partial charge in [0.2, 0.25) is 5.91 Å². The standard InChI is InChI=1S/C15H22N2O3/c1-5-17(6-2)14(18)11-16(3)15(19)12-7-9-13(20-4)10-8-12/h7-10H,5-6,11H2,1-4H3. The quantitative estimate of drug-likeness (QED) is 0.795. The molecule has 1 aromatic rings. The molecule has 1 aromatic carbocycles. The van der Waals surface area contributed by atoms with Gasteiger partial charge in [-0.05, 0) is 38.1 Å². The van der Waals surface area contributed by atoms with E-state index >= 15 is 0 Å². The molecular formula is C15H22N2O3. The predicted octanol–water partition coefficient (Wildman–Crippen LogP) is 1.64. The molecule has 0 aliphatic rings. The number of nitrogens with zero attached hydrogens (tertiary/aromatic N) is 2. The Bertz CT molecular complexity index is 453. The van der Waals surface area contributed by atoms with Crippen LogP contribution in [0, 0.1) is 0 Å². The molecule has 5 heteroatoms. The molecule has 0 heterocycles. The van der Waals surface area contributed by atoms with Crippen LogP contribution in [-0.4, -0.2) is 55.4 Å². The number of carbonyl (C=O) groups is 2. The van der Waals surface area contributed by atoms with Crippen LogP contribution in [0.25, 0.3) is 0 Å². The van der Waals surface area contributed by atoms with Crippen LogP contribution in [0.1, 0.15) is 24.2 Å². The minimum Gasteiger partial charge on any atom is -0.497 e. The molecule has 0 atom stereocenters. The maximum atomic E-state index is 12.2. The van der Waals surface area contributed by atoms with Gasteiger partial charge in [0.05, 0.1) is 13.7 Å². The summed E-state index contributed by atoms with van der Waals surface area (Å²) in [6.45, 7) is 5.24. The van der Waals surface area contributed by atoms with Crippen LogP contribution in [0.4, 0.5) is 0 Å². The molecule has 20 heavy (non-hydrogen) atoms. The molecule has 5 nitrogen and oxygen atoms in total. The smallest absolute Gasteiger partial charge is 0.254 e. The fourth-order valence-electron chi connectivity index (χ4n) is 1.90. The summed E-state index contributed by atoms with van der Waals surface area (Å²) in [6, 6.07) is 6.85. The average Bonchev–Trinajstić information content (AvgIpc) is 2.47. The lowest BCUT2D eigenvalue weighted by Gasteiger charge is -2.23. The Morgan fingerprint density at radius 2 is 1.65 bits per heavy atom. The molecule has 0 fully saturated rings. The maximum Gasteiger partial charge on any atom is 0.254 e. The molecule has 0 aliphatic heterocycles. The van der Waals surface area contributed by atoms with Gasteiger partial charge in [-0.3, -0.25) is 9.59 Å². The fourth-order valence-corrected chi connectivity index (χ4v) is 1.90. The Kier molecular flexibility index (Phi) is 6.03. The van der Waals surface area contributed by atoms with Crippen LogP contribution in [0.2, 0.25) is 0 Å². The molecule has 110 valence electrons. The Balaban J connectivity index is 2.68. The second kappa shape index (κ2) is 7.53. The molecule has 0 N–H and O–H groups in total. The van der Waals surface area contributed by atoms with Gasteiger partial charge in [-0.25, -0.2) is 0 Å². The number of carbonyl (C=O) groups excluding carboxylic acids is 2. The lowest BCUT2D eigenvalue weighted by Crippen LogP contribution is -2.41. The molecule has 0 aromatic heterocycles. The van der Waals surface area contributed by atoms with Crippen LogP contribution < -0.4 is 4.74 Å². The van der Waals surface area contributed by atoms with Gasteiger partial charge in [0.1, 0.15) is 5.75 Å². The molecule has 0 radical (unpaired) electrons. The highest BCUT2D eigenvalue weighted by molar-refractivity contribution is 5.96. The van der Waals surface area contributed by atoms with Crippen LogP contribution in [-0.2, 0) is 4.79 Å². The van der Waals surface area contributed by atoms with Crippen molar-refractivity contribution in [3.05, 3.63) is 29.8 Å². The van der Waals surface area contributed by atoms with E-state index < -0.39 is 0 Å². The third kappa shape index (κ3) is 3.98. The van der Waals surface area contributed by atoms with E-state index in [0.717, 1.165) is 0 Å². The van der Waals surface area contributed by atoms with Crippen LogP contribution in [0.3, 0.4) is 0 Å². The van der Waals surface area contributed by atoms with Crippen molar-refractivity contribution < 1.29 is 14.3 Å². The van der Waals surface area contributed by atoms with E-state index in [1.165, 1.54) is 4.90 Å². The molecular weight excluding hydrogens is 256 g/mol. The Labute approximate surface area is 120 Å². The minimum absolute atomic E-state index is 0.0423. The van der Waals surface area contributed by atoms with E-state index in [-0.39, 0.29) is 18.4 Å². The van der Waals surface area contributed by atoms with Gasteiger partial charge in [0, 0.05) is 25.7 Å². The number of methoxy groups -OCH3 is 1. The van der Waals surface area contributed by atoms with Crippen LogP contribution in [0.15, 0.2) is 24.3 Å². The number of likely N-dealkylation sites (N-methyl/N-ethyl adjacent to an activating group) is 2. The van der Waals surface area contributed by atoms with E-state index in [1.54, 1.807) is 43.3 Å². The molecule has 0 bridgehead atoms. The number of rotatable bonds is 6. The zero-order valence-corrected chi connectivity index (χ0v) is 12.5. The van der Waals surface area contributed by atoms with Gasteiger partial charge in [-0.15, -0.1) is 0 Å². The van der Waals surface area contributed by atoms with Crippen molar-refractivity contribution in [1.82, 2.24) is 9.80 Å². The van der Waals surface area contributed by atoms with E-state index in [0.29, 0.717) is 24.4 Å². The number of benzene rings is 1. The molecule has 2 amide bonds. The lowest BCUT2D eigenvalue weighted by molar-refractivity contribution is -0.131. The Morgan fingerprint density at radius 3 is 2.10 bits per heavy atom. The third-order valence-electron chi connectivity index (χ3n) is 3.17.